The minimum atomic E-state index is 0.266. The number of benzene rings is 1. The Bertz CT molecular complexity index is 589. The van der Waals surface area contributed by atoms with Crippen LogP contribution in [0.4, 0.5) is 0 Å². The molecule has 0 radical (unpaired) electrons. The maximum Gasteiger partial charge on any atom is 0.282 e. The molecule has 0 unspecified atom stereocenters. The molecule has 0 amide bonds. The highest BCUT2D eigenvalue weighted by Gasteiger charge is 2.27. The van der Waals surface area contributed by atoms with Gasteiger partial charge in [-0.2, -0.15) is 4.98 Å². The van der Waals surface area contributed by atoms with Crippen LogP contribution in [-0.2, 0) is 11.3 Å². The first-order valence-electron chi connectivity index (χ1n) is 7.17. The Morgan fingerprint density at radius 3 is 2.52 bits per heavy atom. The standard InChI is InChI=1S/C15H18ClN3O2/c1-10-7-19(8-11(2)20-10)9-14-17-15(18-21-14)12-3-5-13(16)6-4-12/h3-6,10-11H,7-9H2,1-2H3/p+1/t10-,11-/m1/s1. The van der Waals surface area contributed by atoms with Crippen LogP contribution in [0.25, 0.3) is 11.4 Å². The van der Waals surface area contributed by atoms with Crippen molar-refractivity contribution in [2.75, 3.05) is 13.1 Å². The summed E-state index contributed by atoms with van der Waals surface area (Å²) in [7, 11) is 0. The molecule has 1 fully saturated rings. The number of nitrogens with one attached hydrogen (secondary N) is 1. The van der Waals surface area contributed by atoms with E-state index < -0.39 is 0 Å². The molecular formula is C15H19ClN3O2+. The number of ether oxygens (including phenoxy) is 1. The van der Waals surface area contributed by atoms with E-state index in [1.54, 1.807) is 0 Å². The van der Waals surface area contributed by atoms with Crippen molar-refractivity contribution in [3.05, 3.63) is 35.2 Å². The summed E-state index contributed by atoms with van der Waals surface area (Å²) in [6, 6.07) is 7.43. The minimum Gasteiger partial charge on any atom is -0.364 e. The second-order valence-electron chi connectivity index (χ2n) is 5.61. The van der Waals surface area contributed by atoms with Crippen LogP contribution >= 0.6 is 11.6 Å². The molecule has 2 heterocycles. The molecule has 0 saturated carbocycles. The van der Waals surface area contributed by atoms with Gasteiger partial charge in [-0.05, 0) is 38.1 Å². The van der Waals surface area contributed by atoms with Crippen LogP contribution in [0, 0.1) is 0 Å². The van der Waals surface area contributed by atoms with Crippen molar-refractivity contribution in [3.63, 3.8) is 0 Å². The molecule has 1 aromatic heterocycles. The molecule has 5 nitrogen and oxygen atoms in total. The highest BCUT2D eigenvalue weighted by Crippen LogP contribution is 2.18. The molecule has 1 N–H and O–H groups in total. The van der Waals surface area contributed by atoms with Gasteiger partial charge in [-0.1, -0.05) is 16.8 Å². The van der Waals surface area contributed by atoms with Crippen LogP contribution in [0.3, 0.4) is 0 Å². The third kappa shape index (κ3) is 3.61. The van der Waals surface area contributed by atoms with Crippen LogP contribution < -0.4 is 4.90 Å². The number of halogens is 1. The van der Waals surface area contributed by atoms with Gasteiger partial charge >= 0.3 is 0 Å². The number of morpholine rings is 1. The SMILES string of the molecule is C[C@@H]1C[NH+](Cc2nc(-c3ccc(Cl)cc3)no2)C[C@@H](C)O1. The molecule has 0 aliphatic carbocycles. The summed E-state index contributed by atoms with van der Waals surface area (Å²) < 4.78 is 11.1. The second kappa shape index (κ2) is 6.13. The predicted molar refractivity (Wildman–Crippen MR) is 79.2 cm³/mol. The molecule has 21 heavy (non-hydrogen) atoms. The van der Waals surface area contributed by atoms with Gasteiger partial charge in [-0.15, -0.1) is 0 Å². The molecule has 1 aromatic carbocycles. The predicted octanol–water partition coefficient (Wildman–Crippen LogP) is 1.58. The van der Waals surface area contributed by atoms with E-state index in [1.807, 2.05) is 24.3 Å². The highest BCUT2D eigenvalue weighted by atomic mass is 35.5. The van der Waals surface area contributed by atoms with Crippen LogP contribution in [0.15, 0.2) is 28.8 Å². The Balaban J connectivity index is 1.69. The van der Waals surface area contributed by atoms with E-state index >= 15 is 0 Å². The van der Waals surface area contributed by atoms with Crippen molar-refractivity contribution in [1.82, 2.24) is 10.1 Å². The number of aromatic nitrogens is 2. The summed E-state index contributed by atoms with van der Waals surface area (Å²) in [4.78, 5) is 5.88. The Morgan fingerprint density at radius 2 is 1.86 bits per heavy atom. The molecule has 112 valence electrons. The number of quaternary nitrogens is 1. The van der Waals surface area contributed by atoms with E-state index in [4.69, 9.17) is 20.9 Å². The Hall–Kier alpha value is -1.43. The zero-order chi connectivity index (χ0) is 14.8. The summed E-state index contributed by atoms with van der Waals surface area (Å²) in [6.45, 7) is 6.86. The van der Waals surface area contributed by atoms with Gasteiger partial charge in [0.1, 0.15) is 25.3 Å². The van der Waals surface area contributed by atoms with Crippen molar-refractivity contribution in [2.24, 2.45) is 0 Å². The number of rotatable bonds is 3. The lowest BCUT2D eigenvalue weighted by molar-refractivity contribution is -0.929. The van der Waals surface area contributed by atoms with E-state index in [9.17, 15) is 0 Å². The van der Waals surface area contributed by atoms with Crippen LogP contribution in [0.5, 0.6) is 0 Å². The van der Waals surface area contributed by atoms with Gasteiger partial charge in [0.15, 0.2) is 6.54 Å². The third-order valence-electron chi connectivity index (χ3n) is 3.59. The number of hydrogen-bond donors (Lipinski definition) is 1. The zero-order valence-electron chi connectivity index (χ0n) is 12.2. The Kier molecular flexibility index (Phi) is 4.24. The summed E-state index contributed by atoms with van der Waals surface area (Å²) in [5.41, 5.74) is 0.910. The van der Waals surface area contributed by atoms with Gasteiger partial charge < -0.3 is 14.2 Å². The van der Waals surface area contributed by atoms with Crippen molar-refractivity contribution >= 4 is 11.6 Å². The molecule has 0 spiro atoms. The molecule has 3 rings (SSSR count). The normalized spacial score (nSPS) is 26.0. The molecule has 2 aromatic rings. The average Bonchev–Trinajstić information content (AvgIpc) is 2.87. The second-order valence-corrected chi connectivity index (χ2v) is 6.05. The van der Waals surface area contributed by atoms with E-state index in [0.29, 0.717) is 16.7 Å². The largest absolute Gasteiger partial charge is 0.364 e. The van der Waals surface area contributed by atoms with Crippen molar-refractivity contribution in [1.29, 1.82) is 0 Å². The van der Waals surface area contributed by atoms with Crippen molar-refractivity contribution in [3.8, 4) is 11.4 Å². The smallest absolute Gasteiger partial charge is 0.282 e. The van der Waals surface area contributed by atoms with E-state index in [0.717, 1.165) is 25.2 Å². The molecular weight excluding hydrogens is 290 g/mol. The maximum atomic E-state index is 5.88. The first kappa shape index (κ1) is 14.5. The fraction of sp³-hybridized carbons (Fsp3) is 0.467. The molecule has 1 aliphatic rings. The third-order valence-corrected chi connectivity index (χ3v) is 3.84. The Labute approximate surface area is 128 Å². The first-order chi connectivity index (χ1) is 10.1. The van der Waals surface area contributed by atoms with Gasteiger partial charge in [0.2, 0.25) is 5.82 Å². The number of hydrogen-bond acceptors (Lipinski definition) is 4. The van der Waals surface area contributed by atoms with Gasteiger partial charge in [0.25, 0.3) is 5.89 Å². The van der Waals surface area contributed by atoms with Gasteiger partial charge in [0, 0.05) is 10.6 Å². The molecule has 2 atom stereocenters. The van der Waals surface area contributed by atoms with Crippen molar-refractivity contribution in [2.45, 2.75) is 32.6 Å². The summed E-state index contributed by atoms with van der Waals surface area (Å²) >= 11 is 5.88. The van der Waals surface area contributed by atoms with Crippen LogP contribution in [-0.4, -0.2) is 35.4 Å². The highest BCUT2D eigenvalue weighted by molar-refractivity contribution is 6.30. The molecule has 1 aliphatic heterocycles. The summed E-state index contributed by atoms with van der Waals surface area (Å²) in [5.74, 6) is 1.27. The fourth-order valence-corrected chi connectivity index (χ4v) is 2.92. The lowest BCUT2D eigenvalue weighted by Gasteiger charge is -2.31. The fourth-order valence-electron chi connectivity index (χ4n) is 2.79. The van der Waals surface area contributed by atoms with Crippen LogP contribution in [0.1, 0.15) is 19.7 Å². The molecule has 0 bridgehead atoms. The van der Waals surface area contributed by atoms with Gasteiger partial charge in [-0.25, -0.2) is 0 Å². The van der Waals surface area contributed by atoms with E-state index in [2.05, 4.69) is 24.0 Å². The van der Waals surface area contributed by atoms with E-state index in [1.165, 1.54) is 4.90 Å². The van der Waals surface area contributed by atoms with E-state index in [-0.39, 0.29) is 12.2 Å². The maximum absolute atomic E-state index is 5.88. The topological polar surface area (TPSA) is 52.6 Å². The first-order valence-corrected chi connectivity index (χ1v) is 7.55. The summed E-state index contributed by atoms with van der Waals surface area (Å²) in [5, 5.41) is 4.74. The summed E-state index contributed by atoms with van der Waals surface area (Å²) in [6.07, 6.45) is 0.532. The van der Waals surface area contributed by atoms with Crippen LogP contribution in [0.2, 0.25) is 5.02 Å². The average molecular weight is 309 g/mol. The Morgan fingerprint density at radius 1 is 1.19 bits per heavy atom. The molecule has 6 heteroatoms. The number of nitrogens with zero attached hydrogens (tertiary/aromatic N) is 2. The zero-order valence-corrected chi connectivity index (χ0v) is 12.9. The minimum absolute atomic E-state index is 0.266. The monoisotopic (exact) mass is 308 g/mol. The van der Waals surface area contributed by atoms with Crippen molar-refractivity contribution < 1.29 is 14.2 Å². The quantitative estimate of drug-likeness (QED) is 0.935. The van der Waals surface area contributed by atoms with Gasteiger partial charge in [0.05, 0.1) is 0 Å². The lowest BCUT2D eigenvalue weighted by atomic mass is 10.2. The molecule has 1 saturated heterocycles. The van der Waals surface area contributed by atoms with Gasteiger partial charge in [-0.3, -0.25) is 0 Å². The lowest BCUT2D eigenvalue weighted by Crippen LogP contribution is -3.14.